The number of carbonyl (C=O) groups is 1. The highest BCUT2D eigenvalue weighted by atomic mass is 16.5. The van der Waals surface area contributed by atoms with Crippen LogP contribution in [0.25, 0.3) is 0 Å². The zero-order valence-electron chi connectivity index (χ0n) is 13.0. The molecule has 1 rings (SSSR count). The predicted octanol–water partition coefficient (Wildman–Crippen LogP) is 2.07. The van der Waals surface area contributed by atoms with Crippen LogP contribution in [0.5, 0.6) is 0 Å². The normalized spacial score (nSPS) is 26.9. The summed E-state index contributed by atoms with van der Waals surface area (Å²) in [7, 11) is 1.76. The van der Waals surface area contributed by atoms with Gasteiger partial charge in [0.15, 0.2) is 0 Å². The first-order valence-corrected chi connectivity index (χ1v) is 7.50. The van der Waals surface area contributed by atoms with E-state index in [4.69, 9.17) is 10.5 Å². The molecule has 3 N–H and O–H groups in total. The number of hydrogen-bond acceptors (Lipinski definition) is 3. The molecule has 0 aromatic heterocycles. The van der Waals surface area contributed by atoms with Crippen molar-refractivity contribution >= 4 is 5.91 Å². The van der Waals surface area contributed by atoms with Crippen LogP contribution in [0.3, 0.4) is 0 Å². The van der Waals surface area contributed by atoms with Crippen molar-refractivity contribution in [3.05, 3.63) is 0 Å². The van der Waals surface area contributed by atoms with Crippen molar-refractivity contribution in [2.24, 2.45) is 17.1 Å². The fraction of sp³-hybridized carbons (Fsp3) is 0.933. The van der Waals surface area contributed by atoms with Gasteiger partial charge >= 0.3 is 0 Å². The van der Waals surface area contributed by atoms with Crippen molar-refractivity contribution in [3.8, 4) is 0 Å². The summed E-state index contributed by atoms with van der Waals surface area (Å²) < 4.78 is 5.54. The van der Waals surface area contributed by atoms with Crippen LogP contribution in [0.15, 0.2) is 0 Å². The van der Waals surface area contributed by atoms with Gasteiger partial charge in [0.25, 0.3) is 0 Å². The second-order valence-corrected chi connectivity index (χ2v) is 6.20. The second-order valence-electron chi connectivity index (χ2n) is 6.20. The van der Waals surface area contributed by atoms with E-state index in [2.05, 4.69) is 33.0 Å². The quantitative estimate of drug-likeness (QED) is 0.744. The minimum Gasteiger partial charge on any atom is -0.381 e. The van der Waals surface area contributed by atoms with Gasteiger partial charge in [-0.05, 0) is 31.6 Å². The Hall–Kier alpha value is -0.610. The fourth-order valence-electron chi connectivity index (χ4n) is 3.37. The van der Waals surface area contributed by atoms with E-state index in [1.807, 2.05) is 0 Å². The number of nitrogens with two attached hydrogens (primary N) is 1. The maximum atomic E-state index is 12.1. The Morgan fingerprint density at radius 3 is 2.42 bits per heavy atom. The molecule has 3 atom stereocenters. The van der Waals surface area contributed by atoms with E-state index in [0.29, 0.717) is 5.92 Å². The van der Waals surface area contributed by atoms with Crippen molar-refractivity contribution in [1.29, 1.82) is 0 Å². The molecule has 19 heavy (non-hydrogen) atoms. The summed E-state index contributed by atoms with van der Waals surface area (Å²) in [5.41, 5.74) is 6.03. The Balaban J connectivity index is 2.60. The molecule has 112 valence electrons. The molecule has 4 nitrogen and oxygen atoms in total. The van der Waals surface area contributed by atoms with Gasteiger partial charge in [0.05, 0.1) is 12.1 Å². The molecule has 0 radical (unpaired) electrons. The predicted molar refractivity (Wildman–Crippen MR) is 77.8 cm³/mol. The summed E-state index contributed by atoms with van der Waals surface area (Å²) >= 11 is 0. The molecule has 0 heterocycles. The Labute approximate surface area is 117 Å². The first-order valence-electron chi connectivity index (χ1n) is 7.50. The van der Waals surface area contributed by atoms with E-state index in [1.54, 1.807) is 7.11 Å². The van der Waals surface area contributed by atoms with Crippen LogP contribution >= 0.6 is 0 Å². The number of methoxy groups -OCH3 is 1. The van der Waals surface area contributed by atoms with E-state index >= 15 is 0 Å². The topological polar surface area (TPSA) is 64.4 Å². The third-order valence-corrected chi connectivity index (χ3v) is 4.76. The van der Waals surface area contributed by atoms with E-state index in [-0.39, 0.29) is 23.5 Å². The monoisotopic (exact) mass is 270 g/mol. The molecule has 1 fully saturated rings. The number of carbonyl (C=O) groups excluding carboxylic acids is 1. The largest absolute Gasteiger partial charge is 0.381 e. The van der Waals surface area contributed by atoms with E-state index in [1.165, 1.54) is 0 Å². The Morgan fingerprint density at radius 2 is 2.00 bits per heavy atom. The van der Waals surface area contributed by atoms with E-state index in [0.717, 1.165) is 25.7 Å². The molecule has 0 aromatic carbocycles. The highest BCUT2D eigenvalue weighted by Gasteiger charge is 2.53. The van der Waals surface area contributed by atoms with Crippen molar-refractivity contribution in [2.75, 3.05) is 7.11 Å². The van der Waals surface area contributed by atoms with Gasteiger partial charge in [0.2, 0.25) is 5.91 Å². The Bertz CT molecular complexity index is 301. The van der Waals surface area contributed by atoms with Gasteiger partial charge in [-0.25, -0.2) is 0 Å². The molecule has 1 aliphatic rings. The average molecular weight is 270 g/mol. The zero-order chi connectivity index (χ0) is 14.6. The van der Waals surface area contributed by atoms with E-state index < -0.39 is 6.04 Å². The summed E-state index contributed by atoms with van der Waals surface area (Å²) in [6.45, 7) is 8.50. The second kappa shape index (κ2) is 6.71. The Morgan fingerprint density at radius 1 is 1.42 bits per heavy atom. The third-order valence-electron chi connectivity index (χ3n) is 4.76. The van der Waals surface area contributed by atoms with Gasteiger partial charge in [-0.2, -0.15) is 0 Å². The van der Waals surface area contributed by atoms with Gasteiger partial charge in [-0.3, -0.25) is 4.79 Å². The van der Waals surface area contributed by atoms with Crippen molar-refractivity contribution in [1.82, 2.24) is 5.32 Å². The maximum absolute atomic E-state index is 12.1. The SMILES string of the molecule is CCC1(CC)C(NC(=O)[C@@H](N)CC(C)C)CC1OC. The summed E-state index contributed by atoms with van der Waals surface area (Å²) in [4.78, 5) is 12.1. The first kappa shape index (κ1) is 16.4. The molecule has 0 aliphatic heterocycles. The van der Waals surface area contributed by atoms with Gasteiger partial charge in [0, 0.05) is 18.6 Å². The molecule has 1 saturated carbocycles. The number of ether oxygens (including phenoxy) is 1. The summed E-state index contributed by atoms with van der Waals surface area (Å²) in [5, 5.41) is 3.13. The highest BCUT2D eigenvalue weighted by Crippen LogP contribution is 2.48. The van der Waals surface area contributed by atoms with Crippen molar-refractivity contribution < 1.29 is 9.53 Å². The van der Waals surface area contributed by atoms with Crippen LogP contribution < -0.4 is 11.1 Å². The molecular formula is C15H30N2O2. The van der Waals surface area contributed by atoms with Crippen LogP contribution in [0.2, 0.25) is 0 Å². The van der Waals surface area contributed by atoms with Crippen LogP contribution in [-0.4, -0.2) is 31.2 Å². The van der Waals surface area contributed by atoms with Crippen molar-refractivity contribution in [3.63, 3.8) is 0 Å². The summed E-state index contributed by atoms with van der Waals surface area (Å²) in [6, 6.07) is -0.189. The molecule has 1 amide bonds. The molecule has 1 aliphatic carbocycles. The molecule has 0 bridgehead atoms. The van der Waals surface area contributed by atoms with Crippen LogP contribution in [0.4, 0.5) is 0 Å². The summed E-state index contributed by atoms with van der Waals surface area (Å²) in [6.07, 6.45) is 3.93. The molecule has 4 heteroatoms. The Kier molecular flexibility index (Phi) is 5.81. The number of amides is 1. The molecular weight excluding hydrogens is 240 g/mol. The minimum atomic E-state index is -0.395. The zero-order valence-corrected chi connectivity index (χ0v) is 13.0. The number of hydrogen-bond donors (Lipinski definition) is 2. The first-order chi connectivity index (χ1) is 8.91. The fourth-order valence-corrected chi connectivity index (χ4v) is 3.37. The van der Waals surface area contributed by atoms with Crippen molar-refractivity contribution in [2.45, 2.75) is 71.6 Å². The lowest BCUT2D eigenvalue weighted by molar-refractivity contribution is -0.142. The highest BCUT2D eigenvalue weighted by molar-refractivity contribution is 5.82. The molecule has 0 spiro atoms. The molecule has 2 unspecified atom stereocenters. The standard InChI is InChI=1S/C15H30N2O2/c1-6-15(7-2)12(9-13(15)19-5)17-14(18)11(16)8-10(3)4/h10-13H,6-9,16H2,1-5H3,(H,17,18)/t11-,12?,13?/m0/s1. The van der Waals surface area contributed by atoms with Crippen LogP contribution in [-0.2, 0) is 9.53 Å². The number of nitrogens with one attached hydrogen (secondary N) is 1. The average Bonchev–Trinajstić information content (AvgIpc) is 2.34. The van der Waals surface area contributed by atoms with E-state index in [9.17, 15) is 4.79 Å². The smallest absolute Gasteiger partial charge is 0.237 e. The maximum Gasteiger partial charge on any atom is 0.237 e. The third kappa shape index (κ3) is 3.29. The van der Waals surface area contributed by atoms with Crippen LogP contribution in [0.1, 0.15) is 53.4 Å². The molecule has 0 aromatic rings. The lowest BCUT2D eigenvalue weighted by Gasteiger charge is -2.55. The van der Waals surface area contributed by atoms with Gasteiger partial charge in [-0.1, -0.05) is 27.7 Å². The molecule has 0 saturated heterocycles. The lowest BCUT2D eigenvalue weighted by Crippen LogP contribution is -2.65. The van der Waals surface area contributed by atoms with Gasteiger partial charge in [-0.15, -0.1) is 0 Å². The lowest BCUT2D eigenvalue weighted by atomic mass is 9.58. The minimum absolute atomic E-state index is 0.0143. The van der Waals surface area contributed by atoms with Crippen LogP contribution in [0, 0.1) is 11.3 Å². The number of rotatable bonds is 7. The van der Waals surface area contributed by atoms with Gasteiger partial charge in [0.1, 0.15) is 0 Å². The summed E-state index contributed by atoms with van der Waals surface area (Å²) in [5.74, 6) is 0.426. The van der Waals surface area contributed by atoms with Gasteiger partial charge < -0.3 is 15.8 Å².